The van der Waals surface area contributed by atoms with Crippen molar-refractivity contribution in [1.29, 1.82) is 0 Å². The lowest BCUT2D eigenvalue weighted by Crippen LogP contribution is -2.18. The Morgan fingerprint density at radius 2 is 1.86 bits per heavy atom. The molecule has 0 aliphatic heterocycles. The third kappa shape index (κ3) is 4.35. The average Bonchev–Trinajstić information content (AvgIpc) is 2.64. The molecule has 2 aromatic heterocycles. The Morgan fingerprint density at radius 1 is 1.14 bits per heavy atom. The summed E-state index contributed by atoms with van der Waals surface area (Å²) in [5.41, 5.74) is 2.66. The zero-order valence-electron chi connectivity index (χ0n) is 15.0. The van der Waals surface area contributed by atoms with E-state index in [-0.39, 0.29) is 15.6 Å². The number of rotatable bonds is 5. The smallest absolute Gasteiger partial charge is 0.263 e. The van der Waals surface area contributed by atoms with E-state index in [4.69, 9.17) is 11.6 Å². The topological polar surface area (TPSA) is 84.3 Å². The first-order valence-electron chi connectivity index (χ1n) is 8.15. The lowest BCUT2D eigenvalue weighted by molar-refractivity contribution is 0.584. The van der Waals surface area contributed by atoms with Crippen LogP contribution in [0.25, 0.3) is 11.3 Å². The molecule has 0 atom stereocenters. The number of pyridine rings is 2. The molecule has 0 bridgehead atoms. The first-order chi connectivity index (χ1) is 13.3. The van der Waals surface area contributed by atoms with Gasteiger partial charge >= 0.3 is 0 Å². The summed E-state index contributed by atoms with van der Waals surface area (Å²) in [4.78, 5) is 10.3. The summed E-state index contributed by atoms with van der Waals surface area (Å²) >= 11 is 5.74. The minimum absolute atomic E-state index is 0.102. The zero-order chi connectivity index (χ0) is 20.3. The van der Waals surface area contributed by atoms with Gasteiger partial charge in [-0.3, -0.25) is 9.97 Å². The van der Waals surface area contributed by atoms with E-state index in [9.17, 15) is 12.8 Å². The highest BCUT2D eigenvalue weighted by Crippen LogP contribution is 2.26. The van der Waals surface area contributed by atoms with Crippen molar-refractivity contribution in [3.8, 4) is 11.3 Å². The van der Waals surface area contributed by atoms with Crippen molar-refractivity contribution in [2.45, 2.75) is 18.7 Å². The summed E-state index contributed by atoms with van der Waals surface area (Å²) in [7, 11) is -3.79. The second-order valence-corrected chi connectivity index (χ2v) is 8.15. The molecule has 1 N–H and O–H groups in total. The van der Waals surface area contributed by atoms with Gasteiger partial charge < -0.3 is 0 Å². The van der Waals surface area contributed by atoms with Crippen molar-refractivity contribution >= 4 is 27.8 Å². The number of benzene rings is 1. The highest BCUT2D eigenvalue weighted by Gasteiger charge is 2.14. The van der Waals surface area contributed by atoms with Crippen molar-refractivity contribution in [1.82, 2.24) is 14.8 Å². The predicted octanol–water partition coefficient (Wildman–Crippen LogP) is 3.87. The maximum absolute atomic E-state index is 14.2. The molecule has 9 heteroatoms. The second-order valence-electron chi connectivity index (χ2n) is 6.05. The van der Waals surface area contributed by atoms with Crippen LogP contribution in [0.2, 0.25) is 5.02 Å². The van der Waals surface area contributed by atoms with Crippen LogP contribution >= 0.6 is 11.6 Å². The summed E-state index contributed by atoms with van der Waals surface area (Å²) in [5, 5.41) is 4.00. The van der Waals surface area contributed by atoms with Gasteiger partial charge in [-0.15, -0.1) is 0 Å². The maximum atomic E-state index is 14.2. The highest BCUT2D eigenvalue weighted by molar-refractivity contribution is 7.89. The molecule has 0 aliphatic rings. The standard InChI is InChI=1S/C19H16ClFN4O2S/c1-12-3-5-16(6-4-12)28(26,27)25-24-9-14-8-22-11-17(13(14)2)19-18(21)7-15(20)10-23-19/h3-11,25H,1-2H3/b24-9+. The molecular formula is C19H16ClFN4O2S. The van der Waals surface area contributed by atoms with Crippen LogP contribution in [-0.4, -0.2) is 24.6 Å². The van der Waals surface area contributed by atoms with E-state index in [1.165, 1.54) is 43.0 Å². The average molecular weight is 419 g/mol. The van der Waals surface area contributed by atoms with Crippen LogP contribution in [0, 0.1) is 19.7 Å². The van der Waals surface area contributed by atoms with Crippen molar-refractivity contribution in [3.63, 3.8) is 0 Å². The molecule has 0 saturated heterocycles. The molecule has 144 valence electrons. The molecule has 3 aromatic rings. The molecule has 0 fully saturated rings. The van der Waals surface area contributed by atoms with E-state index in [1.807, 2.05) is 6.92 Å². The molecule has 0 aliphatic carbocycles. The number of hydrogen-bond donors (Lipinski definition) is 1. The van der Waals surface area contributed by atoms with Gasteiger partial charge in [-0.05, 0) is 37.6 Å². The van der Waals surface area contributed by atoms with Crippen molar-refractivity contribution < 1.29 is 12.8 Å². The SMILES string of the molecule is Cc1ccc(S(=O)(=O)N/N=C/c2cncc(-c3ncc(Cl)cc3F)c2C)cc1. The van der Waals surface area contributed by atoms with Gasteiger partial charge in [0.25, 0.3) is 10.0 Å². The molecule has 6 nitrogen and oxygen atoms in total. The molecule has 0 unspecified atom stereocenters. The monoisotopic (exact) mass is 418 g/mol. The third-order valence-electron chi connectivity index (χ3n) is 4.03. The fourth-order valence-electron chi connectivity index (χ4n) is 2.46. The van der Waals surface area contributed by atoms with E-state index >= 15 is 0 Å². The zero-order valence-corrected chi connectivity index (χ0v) is 16.6. The number of hydrazone groups is 1. The quantitative estimate of drug-likeness (QED) is 0.503. The number of aromatic nitrogens is 2. The van der Waals surface area contributed by atoms with Crippen molar-refractivity contribution in [2.75, 3.05) is 0 Å². The summed E-state index contributed by atoms with van der Waals surface area (Å²) in [6.07, 6.45) is 5.63. The molecule has 28 heavy (non-hydrogen) atoms. The Labute approximate surface area is 167 Å². The number of aryl methyl sites for hydroxylation is 1. The van der Waals surface area contributed by atoms with Gasteiger partial charge in [0.1, 0.15) is 5.69 Å². The van der Waals surface area contributed by atoms with Crippen LogP contribution in [0.3, 0.4) is 0 Å². The molecule has 2 heterocycles. The van der Waals surface area contributed by atoms with Crippen LogP contribution in [0.4, 0.5) is 4.39 Å². The van der Waals surface area contributed by atoms with Crippen molar-refractivity contribution in [3.05, 3.63) is 76.5 Å². The Morgan fingerprint density at radius 3 is 2.54 bits per heavy atom. The Hall–Kier alpha value is -2.84. The van der Waals surface area contributed by atoms with Gasteiger partial charge in [-0.2, -0.15) is 13.5 Å². The Bertz CT molecular complexity index is 1150. The van der Waals surface area contributed by atoms with E-state index in [0.717, 1.165) is 5.56 Å². The maximum Gasteiger partial charge on any atom is 0.276 e. The number of nitrogens with zero attached hydrogens (tertiary/aromatic N) is 3. The molecular weight excluding hydrogens is 403 g/mol. The summed E-state index contributed by atoms with van der Waals surface area (Å²) < 4.78 is 38.7. The lowest BCUT2D eigenvalue weighted by atomic mass is 10.0. The first-order valence-corrected chi connectivity index (χ1v) is 10.0. The van der Waals surface area contributed by atoms with Crippen LogP contribution in [0.5, 0.6) is 0 Å². The number of hydrogen-bond acceptors (Lipinski definition) is 5. The second kappa shape index (κ2) is 8.04. The van der Waals surface area contributed by atoms with E-state index < -0.39 is 15.8 Å². The Kier molecular flexibility index (Phi) is 5.71. The number of sulfonamides is 1. The minimum Gasteiger partial charge on any atom is -0.263 e. The largest absolute Gasteiger partial charge is 0.276 e. The molecule has 3 rings (SSSR count). The van der Waals surface area contributed by atoms with E-state index in [2.05, 4.69) is 19.9 Å². The van der Waals surface area contributed by atoms with Gasteiger partial charge in [0.05, 0.1) is 16.1 Å². The minimum atomic E-state index is -3.79. The van der Waals surface area contributed by atoms with Crippen LogP contribution in [0.1, 0.15) is 16.7 Å². The van der Waals surface area contributed by atoms with Gasteiger partial charge in [0, 0.05) is 29.7 Å². The fraction of sp³-hybridized carbons (Fsp3) is 0.105. The number of halogens is 2. The van der Waals surface area contributed by atoms with Crippen LogP contribution in [0.15, 0.2) is 58.9 Å². The normalized spacial score (nSPS) is 11.7. The summed E-state index contributed by atoms with van der Waals surface area (Å²) in [5.74, 6) is -0.577. The molecule has 0 amide bonds. The third-order valence-corrected chi connectivity index (χ3v) is 5.47. The van der Waals surface area contributed by atoms with Crippen molar-refractivity contribution in [2.24, 2.45) is 5.10 Å². The summed E-state index contributed by atoms with van der Waals surface area (Å²) in [6, 6.07) is 7.55. The highest BCUT2D eigenvalue weighted by atomic mass is 35.5. The van der Waals surface area contributed by atoms with E-state index in [0.29, 0.717) is 16.7 Å². The summed E-state index contributed by atoms with van der Waals surface area (Å²) in [6.45, 7) is 3.60. The van der Waals surface area contributed by atoms with Gasteiger partial charge in [0.15, 0.2) is 5.82 Å². The molecule has 0 saturated carbocycles. The van der Waals surface area contributed by atoms with Crippen LogP contribution in [-0.2, 0) is 10.0 Å². The van der Waals surface area contributed by atoms with Gasteiger partial charge in [-0.25, -0.2) is 9.22 Å². The molecule has 0 spiro atoms. The fourth-order valence-corrected chi connectivity index (χ4v) is 3.39. The Balaban J connectivity index is 1.86. The van der Waals surface area contributed by atoms with Gasteiger partial charge in [-0.1, -0.05) is 29.3 Å². The lowest BCUT2D eigenvalue weighted by Gasteiger charge is -2.09. The number of nitrogens with one attached hydrogen (secondary N) is 1. The van der Waals surface area contributed by atoms with Gasteiger partial charge in [0.2, 0.25) is 0 Å². The van der Waals surface area contributed by atoms with E-state index in [1.54, 1.807) is 19.1 Å². The first kappa shape index (κ1) is 19.9. The molecule has 0 radical (unpaired) electrons. The van der Waals surface area contributed by atoms with Crippen LogP contribution < -0.4 is 4.83 Å². The predicted molar refractivity (Wildman–Crippen MR) is 106 cm³/mol. The molecule has 1 aromatic carbocycles.